The van der Waals surface area contributed by atoms with E-state index in [1.807, 2.05) is 0 Å². The van der Waals surface area contributed by atoms with E-state index in [0.717, 1.165) is 0 Å². The molecule has 0 spiro atoms. The monoisotopic (exact) mass is 254 g/mol. The molecule has 0 amide bonds. The van der Waals surface area contributed by atoms with Crippen LogP contribution >= 0.6 is 0 Å². The van der Waals surface area contributed by atoms with Crippen molar-refractivity contribution < 1.29 is 24.5 Å². The molecule has 2 N–H and O–H groups in total. The van der Waals surface area contributed by atoms with Crippen LogP contribution in [0.2, 0.25) is 0 Å². The highest BCUT2D eigenvalue weighted by Gasteiger charge is 2.27. The summed E-state index contributed by atoms with van der Waals surface area (Å²) in [4.78, 5) is 11.3. The zero-order chi connectivity index (χ0) is 13.7. The van der Waals surface area contributed by atoms with Crippen LogP contribution in [0.3, 0.4) is 0 Å². The standard InChI is InChI=1S/C13H18O5/c1-8(14)9(2)18-12(13(15)16)10-6-4-5-7-11(10)17-3/h4-9,12,14H,1-3H3,(H,15,16). The third kappa shape index (κ3) is 3.45. The number of hydrogen-bond donors (Lipinski definition) is 2. The van der Waals surface area contributed by atoms with Gasteiger partial charge in [0.1, 0.15) is 5.75 Å². The van der Waals surface area contributed by atoms with Crippen LogP contribution in [0.15, 0.2) is 24.3 Å². The van der Waals surface area contributed by atoms with Gasteiger partial charge < -0.3 is 19.7 Å². The molecule has 0 radical (unpaired) electrons. The first kappa shape index (κ1) is 14.5. The Hall–Kier alpha value is -1.59. The van der Waals surface area contributed by atoms with Gasteiger partial charge in [-0.2, -0.15) is 0 Å². The van der Waals surface area contributed by atoms with Crippen LogP contribution in [0.25, 0.3) is 0 Å². The van der Waals surface area contributed by atoms with E-state index in [4.69, 9.17) is 9.47 Å². The maximum absolute atomic E-state index is 11.3. The van der Waals surface area contributed by atoms with Crippen molar-refractivity contribution in [2.45, 2.75) is 32.2 Å². The lowest BCUT2D eigenvalue weighted by Crippen LogP contribution is -2.28. The lowest BCUT2D eigenvalue weighted by molar-refractivity contribution is -0.158. The molecule has 3 atom stereocenters. The van der Waals surface area contributed by atoms with Crippen LogP contribution in [0.4, 0.5) is 0 Å². The lowest BCUT2D eigenvalue weighted by Gasteiger charge is -2.22. The van der Waals surface area contributed by atoms with Crippen molar-refractivity contribution >= 4 is 5.97 Å². The first-order valence-electron chi connectivity index (χ1n) is 5.66. The Morgan fingerprint density at radius 2 is 1.89 bits per heavy atom. The second-order valence-corrected chi connectivity index (χ2v) is 4.04. The number of benzene rings is 1. The number of para-hydroxylation sites is 1. The summed E-state index contributed by atoms with van der Waals surface area (Å²) in [6.45, 7) is 3.17. The fraction of sp³-hybridized carbons (Fsp3) is 0.462. The third-order valence-electron chi connectivity index (χ3n) is 2.68. The molecule has 0 fully saturated rings. The minimum absolute atomic E-state index is 0.431. The molecule has 100 valence electrons. The van der Waals surface area contributed by atoms with Crippen LogP contribution < -0.4 is 4.74 Å². The number of aliphatic hydroxyl groups excluding tert-OH is 1. The van der Waals surface area contributed by atoms with E-state index in [9.17, 15) is 15.0 Å². The van der Waals surface area contributed by atoms with Crippen molar-refractivity contribution in [1.82, 2.24) is 0 Å². The van der Waals surface area contributed by atoms with E-state index in [1.165, 1.54) is 7.11 Å². The molecule has 5 nitrogen and oxygen atoms in total. The minimum Gasteiger partial charge on any atom is -0.496 e. The molecule has 0 aliphatic rings. The SMILES string of the molecule is COc1ccccc1C(OC(C)C(C)O)C(=O)O. The Bertz CT molecular complexity index is 402. The van der Waals surface area contributed by atoms with Gasteiger partial charge >= 0.3 is 5.97 Å². The smallest absolute Gasteiger partial charge is 0.337 e. The maximum atomic E-state index is 11.3. The van der Waals surface area contributed by atoms with Crippen LogP contribution in [0.5, 0.6) is 5.75 Å². The van der Waals surface area contributed by atoms with Crippen molar-refractivity contribution in [3.05, 3.63) is 29.8 Å². The summed E-state index contributed by atoms with van der Waals surface area (Å²) in [5.41, 5.74) is 0.431. The summed E-state index contributed by atoms with van der Waals surface area (Å²) in [6, 6.07) is 6.76. The van der Waals surface area contributed by atoms with Gasteiger partial charge in [0.25, 0.3) is 0 Å². The largest absolute Gasteiger partial charge is 0.496 e. The zero-order valence-electron chi connectivity index (χ0n) is 10.7. The van der Waals surface area contributed by atoms with Crippen LogP contribution in [-0.2, 0) is 9.53 Å². The summed E-state index contributed by atoms with van der Waals surface area (Å²) in [6.07, 6.45) is -2.50. The van der Waals surface area contributed by atoms with E-state index in [0.29, 0.717) is 11.3 Å². The molecule has 0 saturated carbocycles. The van der Waals surface area contributed by atoms with E-state index in [2.05, 4.69) is 0 Å². The molecule has 0 aliphatic carbocycles. The van der Waals surface area contributed by atoms with E-state index in [1.54, 1.807) is 38.1 Å². The predicted octanol–water partition coefficient (Wildman–Crippen LogP) is 1.61. The number of carboxylic acid groups (broad SMARTS) is 1. The molecule has 1 rings (SSSR count). The number of ether oxygens (including phenoxy) is 2. The Balaban J connectivity index is 3.01. The number of rotatable bonds is 6. The normalized spacial score (nSPS) is 15.8. The quantitative estimate of drug-likeness (QED) is 0.806. The molecule has 18 heavy (non-hydrogen) atoms. The van der Waals surface area contributed by atoms with Gasteiger partial charge in [-0.25, -0.2) is 4.79 Å². The average Bonchev–Trinajstić information content (AvgIpc) is 2.35. The van der Waals surface area contributed by atoms with Crippen molar-refractivity contribution in [3.63, 3.8) is 0 Å². The molecule has 0 saturated heterocycles. The Morgan fingerprint density at radius 3 is 2.39 bits per heavy atom. The van der Waals surface area contributed by atoms with E-state index >= 15 is 0 Å². The number of hydrogen-bond acceptors (Lipinski definition) is 4. The second kappa shape index (κ2) is 6.37. The van der Waals surface area contributed by atoms with Gasteiger partial charge in [0.2, 0.25) is 0 Å². The molecular formula is C13H18O5. The second-order valence-electron chi connectivity index (χ2n) is 4.04. The molecular weight excluding hydrogens is 236 g/mol. The summed E-state index contributed by atoms with van der Waals surface area (Å²) in [5.74, 6) is -0.672. The highest BCUT2D eigenvalue weighted by Crippen LogP contribution is 2.29. The van der Waals surface area contributed by atoms with Crippen molar-refractivity contribution in [3.8, 4) is 5.75 Å². The van der Waals surface area contributed by atoms with E-state index in [-0.39, 0.29) is 0 Å². The number of aliphatic hydroxyl groups is 1. The summed E-state index contributed by atoms with van der Waals surface area (Å²) in [7, 11) is 1.47. The van der Waals surface area contributed by atoms with Crippen molar-refractivity contribution in [2.75, 3.05) is 7.11 Å². The number of carbonyl (C=O) groups is 1. The molecule has 0 aromatic heterocycles. The highest BCUT2D eigenvalue weighted by molar-refractivity contribution is 5.75. The van der Waals surface area contributed by atoms with Gasteiger partial charge in [0, 0.05) is 5.56 Å². The summed E-state index contributed by atoms with van der Waals surface area (Å²) >= 11 is 0. The first-order chi connectivity index (χ1) is 8.47. The lowest BCUT2D eigenvalue weighted by atomic mass is 10.1. The molecule has 0 heterocycles. The highest BCUT2D eigenvalue weighted by atomic mass is 16.5. The molecule has 3 unspecified atom stereocenters. The van der Waals surface area contributed by atoms with Crippen molar-refractivity contribution in [2.24, 2.45) is 0 Å². The minimum atomic E-state index is -1.16. The topological polar surface area (TPSA) is 76.0 Å². The maximum Gasteiger partial charge on any atom is 0.337 e. The third-order valence-corrected chi connectivity index (χ3v) is 2.68. The average molecular weight is 254 g/mol. The van der Waals surface area contributed by atoms with Gasteiger partial charge in [-0.05, 0) is 19.9 Å². The number of methoxy groups -OCH3 is 1. The Labute approximate surface area is 106 Å². The van der Waals surface area contributed by atoms with Crippen LogP contribution in [0.1, 0.15) is 25.5 Å². The fourth-order valence-electron chi connectivity index (χ4n) is 1.48. The Morgan fingerprint density at radius 1 is 1.28 bits per heavy atom. The van der Waals surface area contributed by atoms with Crippen molar-refractivity contribution in [1.29, 1.82) is 0 Å². The number of aliphatic carboxylic acids is 1. The molecule has 0 bridgehead atoms. The molecule has 0 aliphatic heterocycles. The van der Waals surface area contributed by atoms with Gasteiger partial charge in [0.15, 0.2) is 6.10 Å². The molecule has 1 aromatic rings. The zero-order valence-corrected chi connectivity index (χ0v) is 10.7. The first-order valence-corrected chi connectivity index (χ1v) is 5.66. The summed E-state index contributed by atoms with van der Waals surface area (Å²) in [5, 5.41) is 18.6. The predicted molar refractivity (Wildman–Crippen MR) is 65.6 cm³/mol. The van der Waals surface area contributed by atoms with Gasteiger partial charge in [-0.15, -0.1) is 0 Å². The fourth-order valence-corrected chi connectivity index (χ4v) is 1.48. The van der Waals surface area contributed by atoms with Gasteiger partial charge in [0.05, 0.1) is 19.3 Å². The van der Waals surface area contributed by atoms with Crippen LogP contribution in [-0.4, -0.2) is 35.5 Å². The van der Waals surface area contributed by atoms with Crippen LogP contribution in [0, 0.1) is 0 Å². The number of carboxylic acids is 1. The molecule has 5 heteroatoms. The summed E-state index contributed by atoms with van der Waals surface area (Å²) < 4.78 is 10.5. The van der Waals surface area contributed by atoms with E-state index < -0.39 is 24.3 Å². The molecule has 1 aromatic carbocycles. The van der Waals surface area contributed by atoms with Gasteiger partial charge in [-0.3, -0.25) is 0 Å². The Kier molecular flexibility index (Phi) is 5.12. The van der Waals surface area contributed by atoms with Gasteiger partial charge in [-0.1, -0.05) is 18.2 Å².